The molecule has 0 atom stereocenters. The van der Waals surface area contributed by atoms with Gasteiger partial charge in [0.1, 0.15) is 5.78 Å². The number of carbonyl (C=O) groups excluding carboxylic acids is 1. The molecule has 1 aromatic carbocycles. The second-order valence-corrected chi connectivity index (χ2v) is 7.21. The van der Waals surface area contributed by atoms with Crippen LogP contribution in [0.2, 0.25) is 0 Å². The molecule has 0 aliphatic heterocycles. The van der Waals surface area contributed by atoms with Crippen molar-refractivity contribution >= 4 is 28.9 Å². The first-order valence-corrected chi connectivity index (χ1v) is 10.4. The number of ketones is 1. The van der Waals surface area contributed by atoms with E-state index in [1.165, 1.54) is 20.9 Å². The van der Waals surface area contributed by atoms with Crippen LogP contribution in [0, 0.1) is 6.92 Å². The molecule has 2 rings (SSSR count). The number of thiophene rings is 1. The van der Waals surface area contributed by atoms with E-state index in [1.54, 1.807) is 18.7 Å². The normalized spacial score (nSPS) is 9.42. The first-order valence-electron chi connectivity index (χ1n) is 8.40. The number of thioether (sulfide) groups is 1. The molecule has 1 N–H and O–H groups in total. The van der Waals surface area contributed by atoms with Crippen molar-refractivity contribution in [3.8, 4) is 10.4 Å². The first-order chi connectivity index (χ1) is 11.6. The van der Waals surface area contributed by atoms with E-state index in [1.807, 2.05) is 32.1 Å². The van der Waals surface area contributed by atoms with Crippen LogP contribution < -0.4 is 0 Å². The Hall–Kier alpha value is -1.10. The standard InChI is InChI=1S/C15H16OS2.C3H8O.C2H6/c1-11-4-3-5-13(8-11)15-7-6-14(18-15)10-17-9-12(2)16;1-2-3-4;1-2/h3-8H,9-10H2,1-2H3;4H,2-3H2,1H3;1-2H3. The van der Waals surface area contributed by atoms with E-state index in [-0.39, 0.29) is 5.78 Å². The van der Waals surface area contributed by atoms with Gasteiger partial charge in [0.25, 0.3) is 0 Å². The number of aliphatic hydroxyl groups is 1. The molecule has 2 aromatic rings. The summed E-state index contributed by atoms with van der Waals surface area (Å²) in [4.78, 5) is 13.5. The molecule has 4 heteroatoms. The van der Waals surface area contributed by atoms with Crippen LogP contribution in [-0.2, 0) is 10.5 Å². The molecular weight excluding hydrogens is 336 g/mol. The van der Waals surface area contributed by atoms with Crippen LogP contribution in [0.3, 0.4) is 0 Å². The lowest BCUT2D eigenvalue weighted by molar-refractivity contribution is -0.114. The molecule has 134 valence electrons. The van der Waals surface area contributed by atoms with Crippen LogP contribution in [0.15, 0.2) is 36.4 Å². The lowest BCUT2D eigenvalue weighted by Gasteiger charge is -1.99. The highest BCUT2D eigenvalue weighted by atomic mass is 32.2. The molecule has 1 aromatic heterocycles. The number of benzene rings is 1. The number of aliphatic hydroxyl groups excluding tert-OH is 1. The fraction of sp³-hybridized carbons (Fsp3) is 0.450. The van der Waals surface area contributed by atoms with Crippen molar-refractivity contribution < 1.29 is 9.90 Å². The molecule has 0 bridgehead atoms. The zero-order chi connectivity index (χ0) is 18.4. The van der Waals surface area contributed by atoms with Gasteiger partial charge < -0.3 is 5.11 Å². The van der Waals surface area contributed by atoms with E-state index in [4.69, 9.17) is 5.11 Å². The molecule has 0 spiro atoms. The Kier molecular flexibility index (Phi) is 13.6. The maximum Gasteiger partial charge on any atom is 0.139 e. The van der Waals surface area contributed by atoms with Crippen molar-refractivity contribution in [2.24, 2.45) is 0 Å². The van der Waals surface area contributed by atoms with Crippen LogP contribution in [-0.4, -0.2) is 23.2 Å². The van der Waals surface area contributed by atoms with Gasteiger partial charge in [0.05, 0.1) is 5.75 Å². The smallest absolute Gasteiger partial charge is 0.139 e. The fourth-order valence-electron chi connectivity index (χ4n) is 1.70. The third kappa shape index (κ3) is 9.91. The fourth-order valence-corrected chi connectivity index (χ4v) is 3.68. The van der Waals surface area contributed by atoms with Gasteiger partial charge in [-0.15, -0.1) is 23.1 Å². The molecule has 24 heavy (non-hydrogen) atoms. The number of rotatable bonds is 6. The quantitative estimate of drug-likeness (QED) is 0.685. The number of hydrogen-bond donors (Lipinski definition) is 1. The molecule has 0 fully saturated rings. The highest BCUT2D eigenvalue weighted by molar-refractivity contribution is 7.99. The Labute approximate surface area is 155 Å². The summed E-state index contributed by atoms with van der Waals surface area (Å²) in [5.41, 5.74) is 2.57. The average Bonchev–Trinajstić information content (AvgIpc) is 3.05. The van der Waals surface area contributed by atoms with Gasteiger partial charge in [0.15, 0.2) is 0 Å². The highest BCUT2D eigenvalue weighted by Gasteiger charge is 2.04. The Morgan fingerprint density at radius 1 is 1.21 bits per heavy atom. The minimum Gasteiger partial charge on any atom is -0.396 e. The predicted octanol–water partition coefficient (Wildman–Crippen LogP) is 5.96. The minimum atomic E-state index is 0.246. The largest absolute Gasteiger partial charge is 0.396 e. The molecular formula is C20H30O2S2. The Morgan fingerprint density at radius 3 is 2.42 bits per heavy atom. The van der Waals surface area contributed by atoms with E-state index in [9.17, 15) is 4.79 Å². The molecule has 1 heterocycles. The number of hydrogen-bond acceptors (Lipinski definition) is 4. The van der Waals surface area contributed by atoms with Crippen LogP contribution in [0.1, 0.15) is 44.6 Å². The molecule has 0 saturated heterocycles. The molecule has 0 amide bonds. The van der Waals surface area contributed by atoms with Gasteiger partial charge in [-0.1, -0.05) is 50.6 Å². The lowest BCUT2D eigenvalue weighted by atomic mass is 10.1. The second kappa shape index (κ2) is 14.3. The summed E-state index contributed by atoms with van der Waals surface area (Å²) in [5, 5.41) is 7.88. The van der Waals surface area contributed by atoms with Gasteiger partial charge in [-0.05, 0) is 38.0 Å². The highest BCUT2D eigenvalue weighted by Crippen LogP contribution is 2.30. The number of carbonyl (C=O) groups is 1. The van der Waals surface area contributed by atoms with E-state index >= 15 is 0 Å². The number of Topliss-reactive ketones (excluding diaryl/α,β-unsaturated/α-hetero) is 1. The van der Waals surface area contributed by atoms with Crippen molar-refractivity contribution in [3.05, 3.63) is 46.8 Å². The van der Waals surface area contributed by atoms with Crippen molar-refractivity contribution in [2.45, 2.75) is 46.8 Å². The van der Waals surface area contributed by atoms with Gasteiger partial charge in [-0.25, -0.2) is 0 Å². The third-order valence-electron chi connectivity index (χ3n) is 2.74. The summed E-state index contributed by atoms with van der Waals surface area (Å²) in [5.74, 6) is 1.78. The SMILES string of the molecule is CC.CC(=O)CSCc1ccc(-c2cccc(C)c2)s1.CCCO. The number of aryl methyl sites for hydroxylation is 1. The van der Waals surface area contributed by atoms with E-state index < -0.39 is 0 Å². The summed E-state index contributed by atoms with van der Waals surface area (Å²) >= 11 is 3.50. The topological polar surface area (TPSA) is 37.3 Å². The Balaban J connectivity index is 0.000000773. The van der Waals surface area contributed by atoms with Crippen molar-refractivity contribution in [1.29, 1.82) is 0 Å². The molecule has 2 nitrogen and oxygen atoms in total. The maximum atomic E-state index is 10.9. The summed E-state index contributed by atoms with van der Waals surface area (Å²) in [6.45, 7) is 10.0. The van der Waals surface area contributed by atoms with Crippen LogP contribution in [0.4, 0.5) is 0 Å². The zero-order valence-corrected chi connectivity index (χ0v) is 17.1. The van der Waals surface area contributed by atoms with Gasteiger partial charge in [-0.3, -0.25) is 4.79 Å². The van der Waals surface area contributed by atoms with E-state index in [0.717, 1.165) is 12.2 Å². The zero-order valence-electron chi connectivity index (χ0n) is 15.5. The van der Waals surface area contributed by atoms with Gasteiger partial charge in [0, 0.05) is 22.1 Å². The van der Waals surface area contributed by atoms with Crippen LogP contribution in [0.5, 0.6) is 0 Å². The monoisotopic (exact) mass is 366 g/mol. The maximum absolute atomic E-state index is 10.9. The van der Waals surface area contributed by atoms with E-state index in [0.29, 0.717) is 12.4 Å². The van der Waals surface area contributed by atoms with Crippen molar-refractivity contribution in [2.75, 3.05) is 12.4 Å². The van der Waals surface area contributed by atoms with Crippen LogP contribution in [0.25, 0.3) is 10.4 Å². The molecule has 0 aliphatic rings. The molecule has 0 aliphatic carbocycles. The first kappa shape index (κ1) is 22.9. The van der Waals surface area contributed by atoms with Gasteiger partial charge >= 0.3 is 0 Å². The van der Waals surface area contributed by atoms with Crippen LogP contribution >= 0.6 is 23.1 Å². The summed E-state index contributed by atoms with van der Waals surface area (Å²) in [6, 6.07) is 12.9. The van der Waals surface area contributed by atoms with Crippen molar-refractivity contribution in [3.63, 3.8) is 0 Å². The van der Waals surface area contributed by atoms with Gasteiger partial charge in [-0.2, -0.15) is 0 Å². The average molecular weight is 367 g/mol. The summed E-state index contributed by atoms with van der Waals surface area (Å²) < 4.78 is 0. The van der Waals surface area contributed by atoms with Crippen molar-refractivity contribution in [1.82, 2.24) is 0 Å². The lowest BCUT2D eigenvalue weighted by Crippen LogP contribution is -1.92. The summed E-state index contributed by atoms with van der Waals surface area (Å²) in [7, 11) is 0. The minimum absolute atomic E-state index is 0.246. The summed E-state index contributed by atoms with van der Waals surface area (Å²) in [6.07, 6.45) is 0.875. The Morgan fingerprint density at radius 2 is 1.88 bits per heavy atom. The van der Waals surface area contributed by atoms with Gasteiger partial charge in [0.2, 0.25) is 0 Å². The second-order valence-electron chi connectivity index (χ2n) is 5.05. The molecule has 0 saturated carbocycles. The molecule has 0 unspecified atom stereocenters. The predicted molar refractivity (Wildman–Crippen MR) is 110 cm³/mol. The Bertz CT molecular complexity index is 575. The third-order valence-corrected chi connectivity index (χ3v) is 5.18. The molecule has 0 radical (unpaired) electrons. The van der Waals surface area contributed by atoms with E-state index in [2.05, 4.69) is 43.3 Å².